The Morgan fingerprint density at radius 2 is 2.04 bits per heavy atom. The van der Waals surface area contributed by atoms with Crippen molar-refractivity contribution in [3.05, 3.63) is 30.5 Å². The standard InChI is InChI=1S/C20H26N6O/c1-13-6-9-24(20(27)25-8-3-4-14(25)2)12-16(13)19-23-11-15-10-22-18-17(26(15)19)5-7-21-18/h5,7,10-11,13-14,16,21H,3-4,6,8-9,12H2,1-2H3/t13-,14-,16+/m1/s1. The van der Waals surface area contributed by atoms with Crippen LogP contribution in [0.25, 0.3) is 16.7 Å². The Hall–Kier alpha value is -2.57. The summed E-state index contributed by atoms with van der Waals surface area (Å²) in [5.74, 6) is 1.75. The number of likely N-dealkylation sites (tertiary alicyclic amines) is 2. The fraction of sp³-hybridized carbons (Fsp3) is 0.550. The Morgan fingerprint density at radius 3 is 2.85 bits per heavy atom. The normalized spacial score (nSPS) is 26.4. The molecule has 2 aliphatic heterocycles. The maximum absolute atomic E-state index is 13.1. The number of hydrogen-bond acceptors (Lipinski definition) is 3. The molecule has 5 heterocycles. The number of carbonyl (C=O) groups excluding carboxylic acids is 1. The van der Waals surface area contributed by atoms with E-state index >= 15 is 0 Å². The predicted molar refractivity (Wildman–Crippen MR) is 104 cm³/mol. The molecule has 1 N–H and O–H groups in total. The smallest absolute Gasteiger partial charge is 0.320 e. The molecule has 2 saturated heterocycles. The molecule has 3 aromatic rings. The molecule has 2 amide bonds. The number of aromatic amines is 1. The van der Waals surface area contributed by atoms with Gasteiger partial charge in [0, 0.05) is 37.8 Å². The van der Waals surface area contributed by atoms with Gasteiger partial charge in [-0.1, -0.05) is 6.92 Å². The first kappa shape index (κ1) is 16.6. The van der Waals surface area contributed by atoms with E-state index in [-0.39, 0.29) is 11.9 Å². The van der Waals surface area contributed by atoms with E-state index in [4.69, 9.17) is 4.98 Å². The minimum Gasteiger partial charge on any atom is -0.345 e. The first-order valence-electron chi connectivity index (χ1n) is 9.98. The highest BCUT2D eigenvalue weighted by Gasteiger charge is 2.36. The molecule has 5 rings (SSSR count). The van der Waals surface area contributed by atoms with Crippen LogP contribution in [0, 0.1) is 5.92 Å². The molecule has 0 saturated carbocycles. The average Bonchev–Trinajstić information content (AvgIpc) is 3.39. The van der Waals surface area contributed by atoms with Gasteiger partial charge in [-0.3, -0.25) is 4.40 Å². The molecule has 0 spiro atoms. The van der Waals surface area contributed by atoms with E-state index in [1.165, 1.54) is 0 Å². The second-order valence-electron chi connectivity index (χ2n) is 8.13. The molecule has 0 bridgehead atoms. The number of urea groups is 1. The van der Waals surface area contributed by atoms with Gasteiger partial charge in [-0.05, 0) is 38.2 Å². The Morgan fingerprint density at radius 1 is 1.19 bits per heavy atom. The summed E-state index contributed by atoms with van der Waals surface area (Å²) >= 11 is 0. The topological polar surface area (TPSA) is 69.5 Å². The molecular formula is C20H26N6O. The monoisotopic (exact) mass is 366 g/mol. The summed E-state index contributed by atoms with van der Waals surface area (Å²) in [6.45, 7) is 6.90. The van der Waals surface area contributed by atoms with E-state index in [1.54, 1.807) is 0 Å². The van der Waals surface area contributed by atoms with Crippen LogP contribution < -0.4 is 0 Å². The molecule has 0 aromatic carbocycles. The second-order valence-corrected chi connectivity index (χ2v) is 8.13. The molecule has 7 nitrogen and oxygen atoms in total. The van der Waals surface area contributed by atoms with Crippen LogP contribution in [0.4, 0.5) is 4.79 Å². The van der Waals surface area contributed by atoms with Crippen molar-refractivity contribution in [3.8, 4) is 0 Å². The van der Waals surface area contributed by atoms with E-state index in [1.807, 2.05) is 34.5 Å². The van der Waals surface area contributed by atoms with Crippen molar-refractivity contribution in [1.29, 1.82) is 0 Å². The van der Waals surface area contributed by atoms with Crippen molar-refractivity contribution in [3.63, 3.8) is 0 Å². The minimum absolute atomic E-state index is 0.200. The van der Waals surface area contributed by atoms with Gasteiger partial charge in [0.2, 0.25) is 0 Å². The quantitative estimate of drug-likeness (QED) is 0.719. The molecule has 7 heteroatoms. The molecule has 3 aromatic heterocycles. The van der Waals surface area contributed by atoms with Gasteiger partial charge in [0.05, 0.1) is 23.4 Å². The number of imidazole rings is 1. The Kier molecular flexibility index (Phi) is 3.84. The van der Waals surface area contributed by atoms with Crippen LogP contribution >= 0.6 is 0 Å². The van der Waals surface area contributed by atoms with E-state index < -0.39 is 0 Å². The Balaban J connectivity index is 1.49. The Labute approximate surface area is 158 Å². The van der Waals surface area contributed by atoms with Crippen LogP contribution in [0.1, 0.15) is 44.9 Å². The maximum Gasteiger partial charge on any atom is 0.320 e. The zero-order valence-corrected chi connectivity index (χ0v) is 15.9. The molecule has 3 atom stereocenters. The van der Waals surface area contributed by atoms with Crippen LogP contribution in [0.3, 0.4) is 0 Å². The highest BCUT2D eigenvalue weighted by Crippen LogP contribution is 2.34. The third kappa shape index (κ3) is 2.59. The molecule has 0 unspecified atom stereocenters. The van der Waals surface area contributed by atoms with Crippen molar-refractivity contribution in [2.45, 2.75) is 45.1 Å². The third-order valence-electron chi connectivity index (χ3n) is 6.45. The van der Waals surface area contributed by atoms with Gasteiger partial charge in [-0.15, -0.1) is 0 Å². The summed E-state index contributed by atoms with van der Waals surface area (Å²) < 4.78 is 2.20. The van der Waals surface area contributed by atoms with Gasteiger partial charge in [0.15, 0.2) is 5.65 Å². The van der Waals surface area contributed by atoms with Gasteiger partial charge in [0.25, 0.3) is 0 Å². The SMILES string of the molecule is C[C@@H]1CCN(C(=O)N2CCC[C@H]2C)C[C@@H]1c1ncc2cnc3[nH]ccc3n12. The molecule has 0 aliphatic carbocycles. The van der Waals surface area contributed by atoms with Gasteiger partial charge in [0.1, 0.15) is 5.82 Å². The lowest BCUT2D eigenvalue weighted by Crippen LogP contribution is -2.49. The zero-order valence-electron chi connectivity index (χ0n) is 15.9. The van der Waals surface area contributed by atoms with Gasteiger partial charge >= 0.3 is 6.03 Å². The summed E-state index contributed by atoms with van der Waals surface area (Å²) in [6, 6.07) is 2.60. The van der Waals surface area contributed by atoms with E-state index in [0.29, 0.717) is 12.0 Å². The van der Waals surface area contributed by atoms with Crippen molar-refractivity contribution < 1.29 is 4.79 Å². The van der Waals surface area contributed by atoms with Crippen LogP contribution in [0.15, 0.2) is 24.7 Å². The number of nitrogens with one attached hydrogen (secondary N) is 1. The molecule has 2 fully saturated rings. The number of fused-ring (bicyclic) bond motifs is 3. The number of aromatic nitrogens is 4. The van der Waals surface area contributed by atoms with Crippen molar-refractivity contribution in [2.24, 2.45) is 5.92 Å². The summed E-state index contributed by atoms with van der Waals surface area (Å²) in [4.78, 5) is 29.6. The molecule has 142 valence electrons. The number of nitrogens with zero attached hydrogens (tertiary/aromatic N) is 5. The van der Waals surface area contributed by atoms with Gasteiger partial charge in [-0.2, -0.15) is 0 Å². The number of rotatable bonds is 1. The van der Waals surface area contributed by atoms with Crippen molar-refractivity contribution in [2.75, 3.05) is 19.6 Å². The lowest BCUT2D eigenvalue weighted by atomic mass is 9.86. The minimum atomic E-state index is 0.200. The lowest BCUT2D eigenvalue weighted by molar-refractivity contribution is 0.123. The average molecular weight is 366 g/mol. The largest absolute Gasteiger partial charge is 0.345 e. The zero-order chi connectivity index (χ0) is 18.5. The van der Waals surface area contributed by atoms with Crippen LogP contribution in [-0.4, -0.2) is 60.9 Å². The van der Waals surface area contributed by atoms with E-state index in [0.717, 1.165) is 61.4 Å². The number of amides is 2. The number of carbonyl (C=O) groups is 1. The van der Waals surface area contributed by atoms with Gasteiger partial charge < -0.3 is 14.8 Å². The summed E-state index contributed by atoms with van der Waals surface area (Å²) in [7, 11) is 0. The fourth-order valence-corrected chi connectivity index (χ4v) is 4.74. The first-order chi connectivity index (χ1) is 13.1. The highest BCUT2D eigenvalue weighted by atomic mass is 16.2. The third-order valence-corrected chi connectivity index (χ3v) is 6.45. The van der Waals surface area contributed by atoms with Crippen LogP contribution in [-0.2, 0) is 0 Å². The predicted octanol–water partition coefficient (Wildman–Crippen LogP) is 3.24. The molecular weight excluding hydrogens is 340 g/mol. The maximum atomic E-state index is 13.1. The number of piperidine rings is 1. The van der Waals surface area contributed by atoms with Crippen LogP contribution in [0.2, 0.25) is 0 Å². The summed E-state index contributed by atoms with van der Waals surface area (Å²) in [5.41, 5.74) is 2.91. The summed E-state index contributed by atoms with van der Waals surface area (Å²) in [6.07, 6.45) is 8.90. The van der Waals surface area contributed by atoms with Gasteiger partial charge in [-0.25, -0.2) is 14.8 Å². The number of hydrogen-bond donors (Lipinski definition) is 1. The molecule has 27 heavy (non-hydrogen) atoms. The second kappa shape index (κ2) is 6.25. The van der Waals surface area contributed by atoms with Crippen LogP contribution in [0.5, 0.6) is 0 Å². The highest BCUT2D eigenvalue weighted by molar-refractivity contribution is 5.76. The van der Waals surface area contributed by atoms with E-state index in [9.17, 15) is 4.79 Å². The Bertz CT molecular complexity index is 991. The van der Waals surface area contributed by atoms with Crippen molar-refractivity contribution in [1.82, 2.24) is 29.2 Å². The first-order valence-corrected chi connectivity index (χ1v) is 9.98. The molecule has 0 radical (unpaired) electrons. The number of H-pyrrole nitrogens is 1. The summed E-state index contributed by atoms with van der Waals surface area (Å²) in [5, 5.41) is 0. The lowest BCUT2D eigenvalue weighted by Gasteiger charge is -2.39. The molecule has 2 aliphatic rings. The fourth-order valence-electron chi connectivity index (χ4n) is 4.74. The van der Waals surface area contributed by atoms with E-state index in [2.05, 4.69) is 28.2 Å². The van der Waals surface area contributed by atoms with Crippen molar-refractivity contribution >= 4 is 22.7 Å².